The summed E-state index contributed by atoms with van der Waals surface area (Å²) in [6.07, 6.45) is 0.445. The molecule has 4 heteroatoms. The Labute approximate surface area is 114 Å². The van der Waals surface area contributed by atoms with Crippen LogP contribution in [-0.2, 0) is 4.79 Å². The minimum Gasteiger partial charge on any atom is -0.493 e. The van der Waals surface area contributed by atoms with Crippen molar-refractivity contribution >= 4 is 5.97 Å². The number of nitrogens with one attached hydrogen (secondary N) is 1. The summed E-state index contributed by atoms with van der Waals surface area (Å²) in [6, 6.07) is 5.55. The molecule has 0 saturated heterocycles. The van der Waals surface area contributed by atoms with Gasteiger partial charge in [-0.25, -0.2) is 0 Å². The molecule has 0 heterocycles. The van der Waals surface area contributed by atoms with Crippen molar-refractivity contribution in [1.82, 2.24) is 5.32 Å². The zero-order valence-corrected chi connectivity index (χ0v) is 12.1. The largest absolute Gasteiger partial charge is 0.493 e. The van der Waals surface area contributed by atoms with Crippen LogP contribution in [0.25, 0.3) is 0 Å². The van der Waals surface area contributed by atoms with E-state index in [1.54, 1.807) is 0 Å². The first-order valence-electron chi connectivity index (χ1n) is 6.59. The fourth-order valence-corrected chi connectivity index (χ4v) is 1.93. The standard InChI is InChI=1S/C15H23NO3/c1-10(2)16-13(15(17)18)7-8-19-14-6-5-11(3)9-12(14)4/h5-6,9-10,13,16H,7-8H2,1-4H3,(H,17,18). The summed E-state index contributed by atoms with van der Waals surface area (Å²) in [5.41, 5.74) is 2.26. The van der Waals surface area contributed by atoms with Crippen molar-refractivity contribution in [3.8, 4) is 5.75 Å². The lowest BCUT2D eigenvalue weighted by molar-refractivity contribution is -0.140. The first kappa shape index (κ1) is 15.5. The van der Waals surface area contributed by atoms with Gasteiger partial charge in [-0.15, -0.1) is 0 Å². The summed E-state index contributed by atoms with van der Waals surface area (Å²) in [6.45, 7) is 8.27. The van der Waals surface area contributed by atoms with E-state index in [1.807, 2.05) is 39.8 Å². The number of carbonyl (C=O) groups is 1. The van der Waals surface area contributed by atoms with Gasteiger partial charge in [0.1, 0.15) is 11.8 Å². The monoisotopic (exact) mass is 265 g/mol. The highest BCUT2D eigenvalue weighted by Crippen LogP contribution is 2.18. The van der Waals surface area contributed by atoms with Gasteiger partial charge in [-0.05, 0) is 25.5 Å². The lowest BCUT2D eigenvalue weighted by Gasteiger charge is -2.18. The van der Waals surface area contributed by atoms with E-state index in [-0.39, 0.29) is 6.04 Å². The van der Waals surface area contributed by atoms with E-state index in [0.29, 0.717) is 13.0 Å². The Bertz CT molecular complexity index is 429. The lowest BCUT2D eigenvalue weighted by Crippen LogP contribution is -2.41. The fourth-order valence-electron chi connectivity index (χ4n) is 1.93. The molecule has 0 aliphatic heterocycles. The summed E-state index contributed by atoms with van der Waals surface area (Å²) in [7, 11) is 0. The van der Waals surface area contributed by atoms with Gasteiger partial charge in [-0.1, -0.05) is 31.5 Å². The molecule has 1 aromatic rings. The van der Waals surface area contributed by atoms with Crippen molar-refractivity contribution in [3.63, 3.8) is 0 Å². The predicted molar refractivity (Wildman–Crippen MR) is 75.7 cm³/mol. The molecule has 0 radical (unpaired) electrons. The summed E-state index contributed by atoms with van der Waals surface area (Å²) in [4.78, 5) is 11.1. The van der Waals surface area contributed by atoms with Crippen LogP contribution in [-0.4, -0.2) is 29.8 Å². The summed E-state index contributed by atoms with van der Waals surface area (Å²) < 4.78 is 5.65. The zero-order chi connectivity index (χ0) is 14.4. The van der Waals surface area contributed by atoms with Crippen molar-refractivity contribution in [2.24, 2.45) is 0 Å². The maximum absolute atomic E-state index is 11.1. The van der Waals surface area contributed by atoms with Crippen LogP contribution in [0.2, 0.25) is 0 Å². The van der Waals surface area contributed by atoms with Crippen molar-refractivity contribution in [2.45, 2.75) is 46.2 Å². The quantitative estimate of drug-likeness (QED) is 0.795. The topological polar surface area (TPSA) is 58.6 Å². The van der Waals surface area contributed by atoms with Gasteiger partial charge in [0.05, 0.1) is 6.61 Å². The molecule has 0 fully saturated rings. The van der Waals surface area contributed by atoms with Crippen LogP contribution >= 0.6 is 0 Å². The molecule has 0 saturated carbocycles. The number of carboxylic acid groups (broad SMARTS) is 1. The first-order valence-corrected chi connectivity index (χ1v) is 6.59. The second kappa shape index (κ2) is 7.14. The summed E-state index contributed by atoms with van der Waals surface area (Å²) in [5.74, 6) is -0.0165. The number of hydrogen-bond acceptors (Lipinski definition) is 3. The maximum atomic E-state index is 11.1. The molecule has 0 bridgehead atoms. The van der Waals surface area contributed by atoms with Crippen molar-refractivity contribution in [2.75, 3.05) is 6.61 Å². The van der Waals surface area contributed by atoms with Gasteiger partial charge in [0.15, 0.2) is 0 Å². The third-order valence-electron chi connectivity index (χ3n) is 2.83. The molecule has 4 nitrogen and oxygen atoms in total. The molecule has 106 valence electrons. The summed E-state index contributed by atoms with van der Waals surface area (Å²) >= 11 is 0. The van der Waals surface area contributed by atoms with E-state index in [2.05, 4.69) is 11.4 Å². The minimum absolute atomic E-state index is 0.141. The molecule has 1 rings (SSSR count). The lowest BCUT2D eigenvalue weighted by atomic mass is 10.1. The van der Waals surface area contributed by atoms with Gasteiger partial charge in [-0.3, -0.25) is 4.79 Å². The Balaban J connectivity index is 2.49. The predicted octanol–water partition coefficient (Wildman–Crippen LogP) is 2.52. The number of aliphatic carboxylic acids is 1. The van der Waals surface area contributed by atoms with Crippen LogP contribution in [0.4, 0.5) is 0 Å². The number of rotatable bonds is 7. The van der Waals surface area contributed by atoms with E-state index in [0.717, 1.165) is 11.3 Å². The van der Waals surface area contributed by atoms with Gasteiger partial charge in [0.2, 0.25) is 0 Å². The summed E-state index contributed by atoms with van der Waals surface area (Å²) in [5, 5.41) is 12.1. The minimum atomic E-state index is -0.835. The molecule has 0 aliphatic rings. The second-order valence-electron chi connectivity index (χ2n) is 5.12. The van der Waals surface area contributed by atoms with Crippen LogP contribution in [0.1, 0.15) is 31.4 Å². The van der Waals surface area contributed by atoms with Crippen molar-refractivity contribution in [1.29, 1.82) is 0 Å². The molecule has 0 spiro atoms. The smallest absolute Gasteiger partial charge is 0.320 e. The van der Waals surface area contributed by atoms with Gasteiger partial charge >= 0.3 is 5.97 Å². The Morgan fingerprint density at radius 2 is 2.05 bits per heavy atom. The SMILES string of the molecule is Cc1ccc(OCCC(NC(C)C)C(=O)O)c(C)c1. The Hall–Kier alpha value is -1.55. The zero-order valence-electron chi connectivity index (χ0n) is 12.1. The maximum Gasteiger partial charge on any atom is 0.320 e. The molecular formula is C15H23NO3. The molecular weight excluding hydrogens is 242 g/mol. The highest BCUT2D eigenvalue weighted by atomic mass is 16.5. The van der Waals surface area contributed by atoms with E-state index in [9.17, 15) is 4.79 Å². The Morgan fingerprint density at radius 1 is 1.37 bits per heavy atom. The molecule has 19 heavy (non-hydrogen) atoms. The van der Waals surface area contributed by atoms with E-state index >= 15 is 0 Å². The average molecular weight is 265 g/mol. The third-order valence-corrected chi connectivity index (χ3v) is 2.83. The number of hydrogen-bond donors (Lipinski definition) is 2. The normalized spacial score (nSPS) is 12.5. The molecule has 1 aromatic carbocycles. The van der Waals surface area contributed by atoms with Gasteiger partial charge in [-0.2, -0.15) is 0 Å². The third kappa shape index (κ3) is 5.30. The van der Waals surface area contributed by atoms with Gasteiger partial charge in [0.25, 0.3) is 0 Å². The van der Waals surface area contributed by atoms with Crippen LogP contribution < -0.4 is 10.1 Å². The van der Waals surface area contributed by atoms with E-state index < -0.39 is 12.0 Å². The van der Waals surface area contributed by atoms with Crippen LogP contribution in [0.15, 0.2) is 18.2 Å². The highest BCUT2D eigenvalue weighted by Gasteiger charge is 2.17. The molecule has 1 unspecified atom stereocenters. The van der Waals surface area contributed by atoms with E-state index in [1.165, 1.54) is 5.56 Å². The number of ether oxygens (including phenoxy) is 1. The Morgan fingerprint density at radius 3 is 2.58 bits per heavy atom. The molecule has 1 atom stereocenters. The van der Waals surface area contributed by atoms with Gasteiger partial charge < -0.3 is 15.2 Å². The fraction of sp³-hybridized carbons (Fsp3) is 0.533. The van der Waals surface area contributed by atoms with Crippen LogP contribution in [0, 0.1) is 13.8 Å². The highest BCUT2D eigenvalue weighted by molar-refractivity contribution is 5.73. The van der Waals surface area contributed by atoms with Gasteiger partial charge in [0, 0.05) is 12.5 Å². The van der Waals surface area contributed by atoms with Crippen LogP contribution in [0.3, 0.4) is 0 Å². The Kier molecular flexibility index (Phi) is 5.83. The molecule has 0 amide bonds. The number of aryl methyl sites for hydroxylation is 2. The van der Waals surface area contributed by atoms with Crippen molar-refractivity contribution in [3.05, 3.63) is 29.3 Å². The van der Waals surface area contributed by atoms with E-state index in [4.69, 9.17) is 9.84 Å². The van der Waals surface area contributed by atoms with Crippen LogP contribution in [0.5, 0.6) is 5.75 Å². The number of benzene rings is 1. The second-order valence-corrected chi connectivity index (χ2v) is 5.12. The number of carboxylic acids is 1. The molecule has 0 aliphatic carbocycles. The first-order chi connectivity index (χ1) is 8.90. The average Bonchev–Trinajstić information content (AvgIpc) is 2.29. The molecule has 2 N–H and O–H groups in total. The van der Waals surface area contributed by atoms with Crippen molar-refractivity contribution < 1.29 is 14.6 Å². The molecule has 0 aromatic heterocycles.